The molecule has 0 bridgehead atoms. The average Bonchev–Trinajstić information content (AvgIpc) is 2.89. The summed E-state index contributed by atoms with van der Waals surface area (Å²) in [5.41, 5.74) is 0. The van der Waals surface area contributed by atoms with Gasteiger partial charge in [-0.1, -0.05) is 6.58 Å². The highest BCUT2D eigenvalue weighted by Crippen LogP contribution is 1.75. The maximum Gasteiger partial charge on any atom is 0.330 e. The Kier molecular flexibility index (Phi) is 2490. The van der Waals surface area contributed by atoms with Crippen LogP contribution < -0.4 is 0 Å². The molecular formula is C25H48O3. The largest absolute Gasteiger partial charge is 0.460 e. The van der Waals surface area contributed by atoms with Gasteiger partial charge in [0.2, 0.25) is 0 Å². The van der Waals surface area contributed by atoms with Gasteiger partial charge in [-0.05, 0) is 0 Å². The highest BCUT2D eigenvalue weighted by Gasteiger charge is 1.90. The Bertz CT molecular complexity index is 171. The second kappa shape index (κ2) is 942. The van der Waals surface area contributed by atoms with Crippen molar-refractivity contribution in [2.75, 3.05) is 13.2 Å². The van der Waals surface area contributed by atoms with E-state index >= 15 is 0 Å². The number of hydrogen-bond donors (Lipinski definition) is 1. The summed E-state index contributed by atoms with van der Waals surface area (Å²) in [4.78, 5) is 10.1. The van der Waals surface area contributed by atoms with Gasteiger partial charge in [0.15, 0.2) is 0 Å². The molecule has 166 valence electrons. The van der Waals surface area contributed by atoms with Crippen molar-refractivity contribution in [3.63, 3.8) is 0 Å². The Hall–Kier alpha value is -3.43. The van der Waals surface area contributed by atoms with Crippen molar-refractivity contribution >= 4 is 5.97 Å². The minimum absolute atomic E-state index is 0.0465. The predicted molar refractivity (Wildman–Crippen MR) is 141 cm³/mol. The Labute approximate surface area is 178 Å². The summed E-state index contributed by atoms with van der Waals surface area (Å²) in [6, 6.07) is 0. The van der Waals surface area contributed by atoms with Crippen LogP contribution in [0.5, 0.6) is 0 Å². The molecule has 0 heterocycles. The van der Waals surface area contributed by atoms with Crippen LogP contribution in [0.4, 0.5) is 0 Å². The summed E-state index contributed by atoms with van der Waals surface area (Å²) in [6.45, 7) is 63.1. The molecule has 0 saturated heterocycles. The van der Waals surface area contributed by atoms with Crippen molar-refractivity contribution in [1.29, 1.82) is 0 Å². The molecule has 0 aliphatic rings. The third-order valence-electron chi connectivity index (χ3n) is 0.502. The molecule has 1 N–H and O–H groups in total. The van der Waals surface area contributed by atoms with Gasteiger partial charge in [0, 0.05) is 6.08 Å². The standard InChI is InChI=1S/C5H8O3.10C2H4/c1-2-5(7)8-4-3-6;10*1-2/h2,6H,1,3-4H2;10*1-2H2. The van der Waals surface area contributed by atoms with E-state index < -0.39 is 5.97 Å². The van der Waals surface area contributed by atoms with Crippen LogP contribution in [0.3, 0.4) is 0 Å². The lowest BCUT2D eigenvalue weighted by atomic mass is 10.6. The van der Waals surface area contributed by atoms with Crippen LogP contribution in [-0.2, 0) is 9.53 Å². The first kappa shape index (κ1) is 74.1. The van der Waals surface area contributed by atoms with Gasteiger partial charge in [-0.3, -0.25) is 0 Å². The summed E-state index contributed by atoms with van der Waals surface area (Å²) in [7, 11) is 0. The van der Waals surface area contributed by atoms with E-state index in [0.29, 0.717) is 0 Å². The van der Waals surface area contributed by atoms with E-state index in [-0.39, 0.29) is 13.2 Å². The van der Waals surface area contributed by atoms with Gasteiger partial charge in [0.25, 0.3) is 0 Å². The molecule has 0 fully saturated rings. The molecule has 0 aromatic carbocycles. The number of ether oxygens (including phenoxy) is 1. The van der Waals surface area contributed by atoms with E-state index in [1.165, 1.54) is 0 Å². The van der Waals surface area contributed by atoms with Crippen LogP contribution in [0, 0.1) is 0 Å². The van der Waals surface area contributed by atoms with Crippen LogP contribution in [0.1, 0.15) is 0 Å². The Balaban J connectivity index is -0.0000000139. The average molecular weight is 397 g/mol. The molecule has 0 aromatic rings. The number of esters is 1. The number of hydrogen-bond acceptors (Lipinski definition) is 3. The summed E-state index contributed by atoms with van der Waals surface area (Å²) < 4.78 is 4.33. The molecule has 0 amide bonds. The third kappa shape index (κ3) is 1590. The van der Waals surface area contributed by atoms with Gasteiger partial charge in [-0.2, -0.15) is 0 Å². The molecule has 0 rings (SSSR count). The lowest BCUT2D eigenvalue weighted by Gasteiger charge is -1.94. The zero-order chi connectivity index (χ0) is 26.4. The fraction of sp³-hybridized carbons (Fsp3) is 0.0800. The van der Waals surface area contributed by atoms with Crippen molar-refractivity contribution < 1.29 is 14.6 Å². The number of rotatable bonds is 3. The second-order valence-electron chi connectivity index (χ2n) is 1.10. The van der Waals surface area contributed by atoms with Gasteiger partial charge < -0.3 is 9.84 Å². The first-order valence-electron chi connectivity index (χ1n) is 7.21. The zero-order valence-electron chi connectivity index (χ0n) is 18.6. The Morgan fingerprint density at radius 2 is 0.750 bits per heavy atom. The molecule has 0 unspecified atom stereocenters. The quantitative estimate of drug-likeness (QED) is 0.301. The fourth-order valence-corrected chi connectivity index (χ4v) is 0.205. The summed E-state index contributed by atoms with van der Waals surface area (Å²) in [5.74, 6) is -0.501. The molecular weight excluding hydrogens is 348 g/mol. The monoisotopic (exact) mass is 396 g/mol. The number of aliphatic hydroxyl groups excluding tert-OH is 1. The van der Waals surface area contributed by atoms with Crippen LogP contribution >= 0.6 is 0 Å². The summed E-state index contributed by atoms with van der Waals surface area (Å²) >= 11 is 0. The van der Waals surface area contributed by atoms with E-state index in [4.69, 9.17) is 5.11 Å². The van der Waals surface area contributed by atoms with Crippen molar-refractivity contribution in [1.82, 2.24) is 0 Å². The Morgan fingerprint density at radius 3 is 0.857 bits per heavy atom. The summed E-state index contributed by atoms with van der Waals surface area (Å²) in [5, 5.41) is 8.10. The first-order chi connectivity index (χ1) is 13.8. The highest BCUT2D eigenvalue weighted by molar-refractivity contribution is 5.81. The number of carbonyl (C=O) groups excluding carboxylic acids is 1. The molecule has 28 heavy (non-hydrogen) atoms. The van der Waals surface area contributed by atoms with Gasteiger partial charge in [-0.15, -0.1) is 132 Å². The maximum atomic E-state index is 10.1. The van der Waals surface area contributed by atoms with Crippen molar-refractivity contribution in [3.8, 4) is 0 Å². The smallest absolute Gasteiger partial charge is 0.330 e. The van der Waals surface area contributed by atoms with Crippen molar-refractivity contribution in [3.05, 3.63) is 144 Å². The van der Waals surface area contributed by atoms with Crippen molar-refractivity contribution in [2.24, 2.45) is 0 Å². The molecule has 3 nitrogen and oxygen atoms in total. The third-order valence-corrected chi connectivity index (χ3v) is 0.502. The van der Waals surface area contributed by atoms with E-state index in [0.717, 1.165) is 6.08 Å². The molecule has 0 aromatic heterocycles. The van der Waals surface area contributed by atoms with Crippen LogP contribution in [0.15, 0.2) is 144 Å². The molecule has 0 atom stereocenters. The lowest BCUT2D eigenvalue weighted by molar-refractivity contribution is -0.138. The minimum Gasteiger partial charge on any atom is -0.460 e. The van der Waals surface area contributed by atoms with Gasteiger partial charge in [-0.25, -0.2) is 4.79 Å². The van der Waals surface area contributed by atoms with E-state index in [9.17, 15) is 4.79 Å². The topological polar surface area (TPSA) is 46.5 Å². The predicted octanol–water partition coefficient (Wildman–Crippen LogP) is 7.73. The number of carbonyl (C=O) groups is 1. The normalized spacial score (nSPS) is 3.75. The molecule has 0 aliphatic heterocycles. The van der Waals surface area contributed by atoms with Crippen LogP contribution in [0.25, 0.3) is 0 Å². The van der Waals surface area contributed by atoms with Crippen LogP contribution in [0.2, 0.25) is 0 Å². The van der Waals surface area contributed by atoms with Gasteiger partial charge in [0.05, 0.1) is 6.61 Å². The van der Waals surface area contributed by atoms with E-state index in [2.05, 4.69) is 143 Å². The molecule has 0 aliphatic carbocycles. The lowest BCUT2D eigenvalue weighted by Crippen LogP contribution is -2.04. The first-order valence-corrected chi connectivity index (χ1v) is 7.21. The fourth-order valence-electron chi connectivity index (χ4n) is 0.205. The minimum atomic E-state index is -0.501. The van der Waals surface area contributed by atoms with Gasteiger partial charge >= 0.3 is 5.97 Å². The SMILES string of the molecule is C=C.C=C.C=C.C=C.C=C.C=C.C=C.C=C.C=C.C=C.C=CC(=O)OCCO. The molecule has 0 saturated carbocycles. The molecule has 0 radical (unpaired) electrons. The second-order valence-corrected chi connectivity index (χ2v) is 1.10. The maximum absolute atomic E-state index is 10.1. The Morgan fingerprint density at radius 1 is 0.571 bits per heavy atom. The molecule has 3 heteroatoms. The zero-order valence-corrected chi connectivity index (χ0v) is 18.6. The number of aliphatic hydroxyl groups is 1. The highest BCUT2D eigenvalue weighted by atomic mass is 16.5. The van der Waals surface area contributed by atoms with Crippen molar-refractivity contribution in [2.45, 2.75) is 0 Å². The summed E-state index contributed by atoms with van der Waals surface area (Å²) in [6.07, 6.45) is 1.05. The van der Waals surface area contributed by atoms with E-state index in [1.807, 2.05) is 0 Å². The van der Waals surface area contributed by atoms with E-state index in [1.54, 1.807) is 0 Å². The van der Waals surface area contributed by atoms with Crippen LogP contribution in [-0.4, -0.2) is 24.3 Å². The molecule has 0 spiro atoms. The van der Waals surface area contributed by atoms with Gasteiger partial charge in [0.1, 0.15) is 6.61 Å².